The van der Waals surface area contributed by atoms with Gasteiger partial charge in [0, 0.05) is 13.8 Å². The van der Waals surface area contributed by atoms with E-state index in [4.69, 9.17) is 9.47 Å². The van der Waals surface area contributed by atoms with Gasteiger partial charge in [0.25, 0.3) is 0 Å². The van der Waals surface area contributed by atoms with Crippen molar-refractivity contribution in [2.45, 2.75) is 81.1 Å². The summed E-state index contributed by atoms with van der Waals surface area (Å²) in [6, 6.07) is 0. The van der Waals surface area contributed by atoms with Crippen molar-refractivity contribution in [1.82, 2.24) is 0 Å². The Kier molecular flexibility index (Phi) is 18.3. The van der Waals surface area contributed by atoms with Gasteiger partial charge in [-0.15, -0.1) is 0 Å². The molecule has 0 saturated heterocycles. The van der Waals surface area contributed by atoms with E-state index in [-0.39, 0.29) is 11.9 Å². The van der Waals surface area contributed by atoms with Crippen LogP contribution in [0.2, 0.25) is 0 Å². The van der Waals surface area contributed by atoms with Gasteiger partial charge in [-0.1, -0.05) is 34.4 Å². The van der Waals surface area contributed by atoms with Gasteiger partial charge < -0.3 is 9.47 Å². The molecule has 0 aliphatic rings. The third kappa shape index (κ3) is 26.1. The van der Waals surface area contributed by atoms with Gasteiger partial charge in [0.15, 0.2) is 0 Å². The third-order valence-corrected chi connectivity index (χ3v) is 3.62. The fourth-order valence-corrected chi connectivity index (χ4v) is 1.98. The molecule has 0 heterocycles. The summed E-state index contributed by atoms with van der Waals surface area (Å²) >= 11 is 0. The molecule has 0 radical (unpaired) electrons. The van der Waals surface area contributed by atoms with Crippen molar-refractivity contribution in [2.75, 3.05) is 13.2 Å². The molecule has 0 atom stereocenters. The van der Waals surface area contributed by atoms with Crippen molar-refractivity contribution in [2.24, 2.45) is 0 Å². The lowest BCUT2D eigenvalue weighted by atomic mass is 10.1. The molecule has 0 rings (SSSR count). The van der Waals surface area contributed by atoms with Crippen LogP contribution in [0.5, 0.6) is 0 Å². The molecule has 0 saturated carbocycles. The smallest absolute Gasteiger partial charge is 0.302 e. The highest BCUT2D eigenvalue weighted by atomic mass is 16.5. The Balaban J connectivity index is 0. The standard InChI is InChI=1S/2C12H20O2/c2*1-10(2)6-5-7-11(3)8-9-14-12(4)13/h2*6,8H,5,7,9H2,1-4H3/b2*11-8-. The van der Waals surface area contributed by atoms with Crippen molar-refractivity contribution < 1.29 is 19.1 Å². The van der Waals surface area contributed by atoms with E-state index in [1.54, 1.807) is 0 Å². The topological polar surface area (TPSA) is 52.6 Å². The number of carbonyl (C=O) groups excluding carboxylic acids is 2. The van der Waals surface area contributed by atoms with Crippen LogP contribution in [0, 0.1) is 0 Å². The summed E-state index contributed by atoms with van der Waals surface area (Å²) in [5, 5.41) is 0. The normalized spacial score (nSPS) is 11.0. The number of carbonyl (C=O) groups is 2. The number of rotatable bonds is 10. The van der Waals surface area contributed by atoms with Crippen molar-refractivity contribution in [3.05, 3.63) is 46.6 Å². The Labute approximate surface area is 172 Å². The monoisotopic (exact) mass is 392 g/mol. The van der Waals surface area contributed by atoms with Crippen LogP contribution >= 0.6 is 0 Å². The Morgan fingerprint density at radius 1 is 0.571 bits per heavy atom. The molecule has 0 spiro atoms. The van der Waals surface area contributed by atoms with Crippen molar-refractivity contribution in [1.29, 1.82) is 0 Å². The molecule has 0 amide bonds. The van der Waals surface area contributed by atoms with Crippen LogP contribution in [-0.4, -0.2) is 25.2 Å². The van der Waals surface area contributed by atoms with Crippen LogP contribution in [0.25, 0.3) is 0 Å². The van der Waals surface area contributed by atoms with Gasteiger partial charge in [0.05, 0.1) is 0 Å². The predicted molar refractivity (Wildman–Crippen MR) is 118 cm³/mol. The lowest BCUT2D eigenvalue weighted by molar-refractivity contribution is -0.140. The van der Waals surface area contributed by atoms with Crippen LogP contribution in [0.4, 0.5) is 0 Å². The van der Waals surface area contributed by atoms with Gasteiger partial charge in [-0.25, -0.2) is 0 Å². The first-order valence-corrected chi connectivity index (χ1v) is 9.89. The van der Waals surface area contributed by atoms with Gasteiger partial charge in [-0.3, -0.25) is 9.59 Å². The zero-order valence-electron chi connectivity index (χ0n) is 19.2. The van der Waals surface area contributed by atoms with Crippen LogP contribution in [0.15, 0.2) is 46.6 Å². The van der Waals surface area contributed by atoms with E-state index < -0.39 is 0 Å². The van der Waals surface area contributed by atoms with Crippen LogP contribution in [0.3, 0.4) is 0 Å². The lowest BCUT2D eigenvalue weighted by Crippen LogP contribution is -1.98. The van der Waals surface area contributed by atoms with Crippen LogP contribution in [-0.2, 0) is 19.1 Å². The minimum absolute atomic E-state index is 0.224. The second kappa shape index (κ2) is 18.3. The van der Waals surface area contributed by atoms with Gasteiger partial charge in [0.2, 0.25) is 0 Å². The Bertz CT molecular complexity index is 517. The third-order valence-electron chi connectivity index (χ3n) is 3.62. The molecule has 0 aliphatic heterocycles. The average Bonchev–Trinajstić information content (AvgIpc) is 2.54. The second-order valence-electron chi connectivity index (χ2n) is 7.35. The van der Waals surface area contributed by atoms with E-state index in [9.17, 15) is 9.59 Å². The van der Waals surface area contributed by atoms with E-state index >= 15 is 0 Å². The fourth-order valence-electron chi connectivity index (χ4n) is 1.98. The number of hydrogen-bond donors (Lipinski definition) is 0. The maximum atomic E-state index is 10.5. The molecule has 0 N–H and O–H groups in total. The summed E-state index contributed by atoms with van der Waals surface area (Å²) in [5.74, 6) is -0.448. The number of esters is 2. The average molecular weight is 393 g/mol. The van der Waals surface area contributed by atoms with Gasteiger partial charge in [-0.05, 0) is 79.4 Å². The molecule has 0 aromatic carbocycles. The molecule has 160 valence electrons. The fraction of sp³-hybridized carbons (Fsp3) is 0.583. The quantitative estimate of drug-likeness (QED) is 0.315. The SMILES string of the molecule is CC(=O)OC/C=C(/C)CCC=C(C)C.CC(=O)OC/C=C(/C)CCC=C(C)C. The first-order chi connectivity index (χ1) is 13.0. The van der Waals surface area contributed by atoms with Gasteiger partial charge >= 0.3 is 11.9 Å². The highest BCUT2D eigenvalue weighted by molar-refractivity contribution is 5.66. The Morgan fingerprint density at radius 2 is 0.893 bits per heavy atom. The summed E-state index contributed by atoms with van der Waals surface area (Å²) in [6.45, 7) is 16.1. The summed E-state index contributed by atoms with van der Waals surface area (Å²) in [5.41, 5.74) is 5.23. The summed E-state index contributed by atoms with van der Waals surface area (Å²) in [6.07, 6.45) is 12.5. The largest absolute Gasteiger partial charge is 0.462 e. The maximum Gasteiger partial charge on any atom is 0.302 e. The minimum atomic E-state index is -0.224. The van der Waals surface area contributed by atoms with E-state index in [0.717, 1.165) is 25.7 Å². The highest BCUT2D eigenvalue weighted by Crippen LogP contribution is 2.07. The molecular weight excluding hydrogens is 352 g/mol. The molecule has 0 aromatic heterocycles. The van der Waals surface area contributed by atoms with Crippen molar-refractivity contribution in [3.8, 4) is 0 Å². The van der Waals surface area contributed by atoms with Crippen LogP contribution < -0.4 is 0 Å². The molecule has 0 aliphatic carbocycles. The number of ether oxygens (including phenoxy) is 2. The summed E-state index contributed by atoms with van der Waals surface area (Å²) in [4.78, 5) is 20.9. The summed E-state index contributed by atoms with van der Waals surface area (Å²) in [7, 11) is 0. The molecule has 0 fully saturated rings. The second-order valence-corrected chi connectivity index (χ2v) is 7.35. The van der Waals surface area contributed by atoms with Crippen molar-refractivity contribution in [3.63, 3.8) is 0 Å². The van der Waals surface area contributed by atoms with E-state index in [1.165, 1.54) is 36.1 Å². The first kappa shape index (κ1) is 28.1. The maximum absolute atomic E-state index is 10.5. The molecule has 0 unspecified atom stereocenters. The molecule has 4 nitrogen and oxygen atoms in total. The van der Waals surface area contributed by atoms with E-state index in [0.29, 0.717) is 13.2 Å². The lowest BCUT2D eigenvalue weighted by Gasteiger charge is -2.00. The minimum Gasteiger partial charge on any atom is -0.462 e. The molecular formula is C24H40O4. The molecule has 0 bridgehead atoms. The number of allylic oxidation sites excluding steroid dienone is 6. The van der Waals surface area contributed by atoms with Crippen molar-refractivity contribution >= 4 is 11.9 Å². The zero-order chi connectivity index (χ0) is 21.9. The first-order valence-electron chi connectivity index (χ1n) is 9.89. The van der Waals surface area contributed by atoms with E-state index in [2.05, 4.69) is 53.7 Å². The molecule has 0 aromatic rings. The Hall–Kier alpha value is -2.10. The predicted octanol–water partition coefficient (Wildman–Crippen LogP) is 6.48. The molecule has 28 heavy (non-hydrogen) atoms. The summed E-state index contributed by atoms with van der Waals surface area (Å²) < 4.78 is 9.62. The van der Waals surface area contributed by atoms with E-state index in [1.807, 2.05) is 12.2 Å². The molecule has 4 heteroatoms. The van der Waals surface area contributed by atoms with Gasteiger partial charge in [-0.2, -0.15) is 0 Å². The van der Waals surface area contributed by atoms with Gasteiger partial charge in [0.1, 0.15) is 13.2 Å². The number of hydrogen-bond acceptors (Lipinski definition) is 4. The Morgan fingerprint density at radius 3 is 1.14 bits per heavy atom. The van der Waals surface area contributed by atoms with Crippen LogP contribution in [0.1, 0.15) is 81.1 Å². The highest BCUT2D eigenvalue weighted by Gasteiger charge is 1.92. The zero-order valence-corrected chi connectivity index (χ0v) is 19.2.